The molecule has 1 N–H and O–H groups in total. The predicted octanol–water partition coefficient (Wildman–Crippen LogP) is -0.729. The number of carbonyl (C=O) groups excluding carboxylic acids is 5. The molecule has 3 amide bonds. The van der Waals surface area contributed by atoms with Gasteiger partial charge >= 0.3 is 18.0 Å². The second-order valence-electron chi connectivity index (χ2n) is 4.30. The van der Waals surface area contributed by atoms with Crippen molar-refractivity contribution in [3.63, 3.8) is 0 Å². The Labute approximate surface area is 125 Å². The number of hydrogen-bond donors (Lipinski definition) is 1. The first kappa shape index (κ1) is 17.4. The number of methoxy groups -OCH3 is 2. The number of imide groups is 1. The molecule has 0 saturated carbocycles. The Balaban J connectivity index is 2.58. The minimum absolute atomic E-state index is 0.0467. The lowest BCUT2D eigenvalue weighted by Gasteiger charge is -2.18. The highest BCUT2D eigenvalue weighted by Crippen LogP contribution is 2.12. The molecule has 1 heterocycles. The van der Waals surface area contributed by atoms with E-state index in [2.05, 4.69) is 19.6 Å². The van der Waals surface area contributed by atoms with Crippen LogP contribution in [0.5, 0.6) is 0 Å². The zero-order valence-corrected chi connectivity index (χ0v) is 12.1. The standard InChI is InChI=1S/C12H16N2O8/c1-20-10(17)6-3-7(11(18)21-2)13-12(19)22-14-8(15)4-5-9(14)16/h7H,3-6H2,1-2H3,(H,13,19)/t7-/m0/s1. The number of hydroxylamine groups is 2. The van der Waals surface area contributed by atoms with Crippen molar-refractivity contribution >= 4 is 29.8 Å². The van der Waals surface area contributed by atoms with Crippen molar-refractivity contribution in [1.29, 1.82) is 0 Å². The van der Waals surface area contributed by atoms with Crippen LogP contribution in [0.4, 0.5) is 4.79 Å². The highest BCUT2D eigenvalue weighted by Gasteiger charge is 2.34. The molecule has 122 valence electrons. The summed E-state index contributed by atoms with van der Waals surface area (Å²) in [6, 6.07) is -1.18. The maximum absolute atomic E-state index is 11.6. The number of esters is 2. The van der Waals surface area contributed by atoms with E-state index in [9.17, 15) is 24.0 Å². The third kappa shape index (κ3) is 4.72. The van der Waals surface area contributed by atoms with Gasteiger partial charge in [-0.15, -0.1) is 5.06 Å². The van der Waals surface area contributed by atoms with E-state index in [0.717, 1.165) is 7.11 Å². The molecule has 0 radical (unpaired) electrons. The van der Waals surface area contributed by atoms with Crippen molar-refractivity contribution in [3.8, 4) is 0 Å². The van der Waals surface area contributed by atoms with E-state index < -0.39 is 35.9 Å². The molecule has 22 heavy (non-hydrogen) atoms. The summed E-state index contributed by atoms with van der Waals surface area (Å²) in [4.78, 5) is 61.4. The van der Waals surface area contributed by atoms with Gasteiger partial charge in [0.1, 0.15) is 6.04 Å². The van der Waals surface area contributed by atoms with Crippen molar-refractivity contribution in [2.45, 2.75) is 31.7 Å². The Morgan fingerprint density at radius 3 is 2.23 bits per heavy atom. The Morgan fingerprint density at radius 1 is 1.14 bits per heavy atom. The Kier molecular flexibility index (Phi) is 6.29. The molecule has 0 unspecified atom stereocenters. The van der Waals surface area contributed by atoms with E-state index in [0.29, 0.717) is 5.06 Å². The van der Waals surface area contributed by atoms with Gasteiger partial charge in [0.2, 0.25) is 0 Å². The topological polar surface area (TPSA) is 128 Å². The minimum atomic E-state index is -1.18. The molecule has 1 aliphatic rings. The summed E-state index contributed by atoms with van der Waals surface area (Å²) in [6.07, 6.45) is -1.50. The fourth-order valence-corrected chi connectivity index (χ4v) is 1.66. The largest absolute Gasteiger partial charge is 0.469 e. The van der Waals surface area contributed by atoms with Crippen molar-refractivity contribution in [2.24, 2.45) is 0 Å². The second-order valence-corrected chi connectivity index (χ2v) is 4.30. The van der Waals surface area contributed by atoms with E-state index in [1.54, 1.807) is 0 Å². The molecule has 1 atom stereocenters. The van der Waals surface area contributed by atoms with Gasteiger partial charge in [-0.05, 0) is 6.42 Å². The molecule has 0 spiro atoms. The van der Waals surface area contributed by atoms with Gasteiger partial charge in [0.05, 0.1) is 14.2 Å². The first-order valence-electron chi connectivity index (χ1n) is 6.38. The Bertz CT molecular complexity index is 474. The minimum Gasteiger partial charge on any atom is -0.469 e. The summed E-state index contributed by atoms with van der Waals surface area (Å²) in [5, 5.41) is 2.46. The van der Waals surface area contributed by atoms with E-state index in [4.69, 9.17) is 0 Å². The molecular weight excluding hydrogens is 300 g/mol. The summed E-state index contributed by atoms with van der Waals surface area (Å²) in [5.41, 5.74) is 0. The second kappa shape index (κ2) is 7.96. The lowest BCUT2D eigenvalue weighted by Crippen LogP contribution is -2.45. The van der Waals surface area contributed by atoms with Crippen LogP contribution in [0, 0.1) is 0 Å². The molecule has 1 rings (SSSR count). The van der Waals surface area contributed by atoms with Gasteiger partial charge in [-0.1, -0.05) is 0 Å². The molecule has 0 aromatic heterocycles. The number of nitrogens with zero attached hydrogens (tertiary/aromatic N) is 1. The van der Waals surface area contributed by atoms with Crippen LogP contribution in [0.3, 0.4) is 0 Å². The van der Waals surface area contributed by atoms with Gasteiger partial charge in [0, 0.05) is 19.3 Å². The van der Waals surface area contributed by atoms with Gasteiger partial charge in [-0.3, -0.25) is 14.4 Å². The Hall–Kier alpha value is -2.65. The summed E-state index contributed by atoms with van der Waals surface area (Å²) in [5.74, 6) is -2.68. The van der Waals surface area contributed by atoms with Crippen molar-refractivity contribution in [2.75, 3.05) is 14.2 Å². The third-order valence-corrected chi connectivity index (χ3v) is 2.82. The number of hydrogen-bond acceptors (Lipinski definition) is 8. The number of rotatable bonds is 6. The molecule has 0 bridgehead atoms. The maximum atomic E-state index is 11.6. The van der Waals surface area contributed by atoms with Crippen LogP contribution in [-0.2, 0) is 33.5 Å². The zero-order chi connectivity index (χ0) is 16.7. The monoisotopic (exact) mass is 316 g/mol. The smallest absolute Gasteiger partial charge is 0.432 e. The van der Waals surface area contributed by atoms with Crippen LogP contribution in [0.1, 0.15) is 25.7 Å². The van der Waals surface area contributed by atoms with Gasteiger partial charge in [0.15, 0.2) is 0 Å². The number of ether oxygens (including phenoxy) is 2. The molecule has 1 aliphatic heterocycles. The Morgan fingerprint density at radius 2 is 1.73 bits per heavy atom. The van der Waals surface area contributed by atoms with Gasteiger partial charge < -0.3 is 19.6 Å². The van der Waals surface area contributed by atoms with Crippen LogP contribution in [0.15, 0.2) is 0 Å². The van der Waals surface area contributed by atoms with Crippen molar-refractivity contribution in [3.05, 3.63) is 0 Å². The summed E-state index contributed by atoms with van der Waals surface area (Å²) in [6.45, 7) is 0. The lowest BCUT2D eigenvalue weighted by molar-refractivity contribution is -0.171. The fraction of sp³-hybridized carbons (Fsp3) is 0.583. The molecule has 0 aromatic carbocycles. The molecule has 10 heteroatoms. The van der Waals surface area contributed by atoms with Crippen LogP contribution in [-0.4, -0.2) is 55.2 Å². The van der Waals surface area contributed by atoms with Gasteiger partial charge in [-0.25, -0.2) is 9.59 Å². The van der Waals surface area contributed by atoms with E-state index >= 15 is 0 Å². The predicted molar refractivity (Wildman–Crippen MR) is 67.8 cm³/mol. The van der Waals surface area contributed by atoms with E-state index in [1.165, 1.54) is 7.11 Å². The summed E-state index contributed by atoms with van der Waals surface area (Å²) < 4.78 is 8.90. The number of amides is 3. The SMILES string of the molecule is COC(=O)CC[C@H](NC(=O)ON1C(=O)CCC1=O)C(=O)OC. The molecule has 10 nitrogen and oxygen atoms in total. The zero-order valence-electron chi connectivity index (χ0n) is 12.1. The number of nitrogens with one attached hydrogen (secondary N) is 1. The van der Waals surface area contributed by atoms with E-state index in [-0.39, 0.29) is 25.7 Å². The average Bonchev–Trinajstić information content (AvgIpc) is 2.81. The molecule has 0 aromatic rings. The first-order chi connectivity index (χ1) is 10.4. The van der Waals surface area contributed by atoms with Crippen molar-refractivity contribution < 1.29 is 38.3 Å². The highest BCUT2D eigenvalue weighted by atomic mass is 16.7. The van der Waals surface area contributed by atoms with Crippen LogP contribution >= 0.6 is 0 Å². The summed E-state index contributed by atoms with van der Waals surface area (Å²) in [7, 11) is 2.29. The van der Waals surface area contributed by atoms with E-state index in [1.807, 2.05) is 0 Å². The first-order valence-corrected chi connectivity index (χ1v) is 6.38. The number of carbonyl (C=O) groups is 5. The molecule has 0 aliphatic carbocycles. The molecule has 1 saturated heterocycles. The average molecular weight is 316 g/mol. The molecular formula is C12H16N2O8. The van der Waals surface area contributed by atoms with Gasteiger partial charge in [0.25, 0.3) is 11.8 Å². The highest BCUT2D eigenvalue weighted by molar-refractivity contribution is 6.01. The van der Waals surface area contributed by atoms with Crippen LogP contribution < -0.4 is 5.32 Å². The van der Waals surface area contributed by atoms with Crippen molar-refractivity contribution in [1.82, 2.24) is 10.4 Å². The maximum Gasteiger partial charge on any atom is 0.432 e. The van der Waals surface area contributed by atoms with Gasteiger partial charge in [-0.2, -0.15) is 0 Å². The third-order valence-electron chi connectivity index (χ3n) is 2.82. The molecule has 1 fully saturated rings. The van der Waals surface area contributed by atoms with Crippen LogP contribution in [0.25, 0.3) is 0 Å². The van der Waals surface area contributed by atoms with Crippen LogP contribution in [0.2, 0.25) is 0 Å². The quantitative estimate of drug-likeness (QED) is 0.502. The normalized spacial score (nSPS) is 15.3. The lowest BCUT2D eigenvalue weighted by atomic mass is 10.1. The fourth-order valence-electron chi connectivity index (χ4n) is 1.66. The summed E-state index contributed by atoms with van der Waals surface area (Å²) >= 11 is 0.